The standard InChI is InChI=1S/C23H20O3.C22H18O2/c1-26-23-16-19(3-2-17-6-12-21(24)13-7-17)5-11-20(23)10-4-18-8-14-22(25)15-9-18;23-21-13-9-19(10-14-21)7-5-17-1-2-18(4-3-17)6-8-20-11-15-22(24)16-12-20/h2-16,24-25H,1H3;1-16,23-24H/b3-2+,10-4+;7-5+,8-6+. The molecule has 0 bridgehead atoms. The number of aromatic hydroxyl groups is 4. The number of methoxy groups -OCH3 is 1. The zero-order valence-corrected chi connectivity index (χ0v) is 27.6. The molecule has 4 N–H and O–H groups in total. The summed E-state index contributed by atoms with van der Waals surface area (Å²) >= 11 is 0. The van der Waals surface area contributed by atoms with Gasteiger partial charge in [-0.15, -0.1) is 0 Å². The minimum atomic E-state index is 0.254. The number of ether oxygens (including phenoxy) is 1. The molecule has 6 aromatic rings. The SMILES string of the molecule is COc1cc(/C=C/c2ccc(O)cc2)ccc1/C=C/c1ccc(O)cc1.Oc1ccc(/C=C/c2ccc(/C=C/c3ccc(O)cc3)cc2)cc1. The quantitative estimate of drug-likeness (QED) is 0.116. The molecule has 0 spiro atoms. The molecule has 5 heteroatoms. The second-order valence-corrected chi connectivity index (χ2v) is 11.4. The zero-order valence-electron chi connectivity index (χ0n) is 27.6. The third-order valence-electron chi connectivity index (χ3n) is 7.63. The van der Waals surface area contributed by atoms with Crippen molar-refractivity contribution in [3.63, 3.8) is 0 Å². The van der Waals surface area contributed by atoms with Gasteiger partial charge in [-0.25, -0.2) is 0 Å². The summed E-state index contributed by atoms with van der Waals surface area (Å²) in [7, 11) is 1.65. The van der Waals surface area contributed by atoms with Crippen LogP contribution in [0, 0.1) is 0 Å². The van der Waals surface area contributed by atoms with Gasteiger partial charge in [-0.05, 0) is 93.5 Å². The van der Waals surface area contributed by atoms with E-state index in [4.69, 9.17) is 4.74 Å². The van der Waals surface area contributed by atoms with E-state index >= 15 is 0 Å². The molecule has 5 nitrogen and oxygen atoms in total. The van der Waals surface area contributed by atoms with Crippen molar-refractivity contribution < 1.29 is 25.2 Å². The Kier molecular flexibility index (Phi) is 12.1. The average Bonchev–Trinajstić information content (AvgIpc) is 3.15. The topological polar surface area (TPSA) is 90.2 Å². The van der Waals surface area contributed by atoms with E-state index < -0.39 is 0 Å². The van der Waals surface area contributed by atoms with E-state index in [1.807, 2.05) is 115 Å². The summed E-state index contributed by atoms with van der Waals surface area (Å²) in [5.41, 5.74) is 8.33. The molecular weight excluding hydrogens is 620 g/mol. The zero-order chi connectivity index (χ0) is 35.1. The van der Waals surface area contributed by atoms with E-state index in [9.17, 15) is 20.4 Å². The highest BCUT2D eigenvalue weighted by atomic mass is 16.5. The predicted octanol–water partition coefficient (Wildman–Crippen LogP) is 10.9. The van der Waals surface area contributed by atoms with E-state index in [0.29, 0.717) is 0 Å². The molecule has 50 heavy (non-hydrogen) atoms. The minimum absolute atomic E-state index is 0.254. The molecule has 0 fully saturated rings. The van der Waals surface area contributed by atoms with Gasteiger partial charge in [-0.2, -0.15) is 0 Å². The molecule has 0 saturated carbocycles. The summed E-state index contributed by atoms with van der Waals surface area (Å²) < 4.78 is 5.50. The highest BCUT2D eigenvalue weighted by Crippen LogP contribution is 2.25. The van der Waals surface area contributed by atoms with Gasteiger partial charge < -0.3 is 25.2 Å². The summed E-state index contributed by atoms with van der Waals surface area (Å²) in [6.45, 7) is 0. The van der Waals surface area contributed by atoms with Crippen LogP contribution >= 0.6 is 0 Å². The molecule has 248 valence electrons. The Bertz CT molecular complexity index is 2000. The Morgan fingerprint density at radius 3 is 0.860 bits per heavy atom. The van der Waals surface area contributed by atoms with Crippen LogP contribution in [0.3, 0.4) is 0 Å². The van der Waals surface area contributed by atoms with E-state index in [0.717, 1.165) is 50.3 Å². The van der Waals surface area contributed by atoms with Crippen LogP contribution in [0.4, 0.5) is 0 Å². The van der Waals surface area contributed by atoms with Crippen LogP contribution in [0.25, 0.3) is 48.6 Å². The molecule has 6 rings (SSSR count). The summed E-state index contributed by atoms with van der Waals surface area (Å²) in [4.78, 5) is 0. The highest BCUT2D eigenvalue weighted by Gasteiger charge is 2.01. The molecule has 0 aromatic heterocycles. The van der Waals surface area contributed by atoms with Crippen LogP contribution in [-0.2, 0) is 0 Å². The molecule has 6 aromatic carbocycles. The Morgan fingerprint density at radius 1 is 0.320 bits per heavy atom. The van der Waals surface area contributed by atoms with Crippen LogP contribution in [-0.4, -0.2) is 27.5 Å². The maximum absolute atomic E-state index is 9.34. The number of phenolic OH excluding ortho intramolecular Hbond substituents is 4. The van der Waals surface area contributed by atoms with Crippen molar-refractivity contribution in [1.29, 1.82) is 0 Å². The number of rotatable bonds is 9. The lowest BCUT2D eigenvalue weighted by Crippen LogP contribution is -1.87. The molecule has 0 aliphatic rings. The maximum atomic E-state index is 9.34. The first kappa shape index (κ1) is 34.6. The minimum Gasteiger partial charge on any atom is -0.508 e. The summed E-state index contributed by atoms with van der Waals surface area (Å²) in [5, 5.41) is 37.2. The third kappa shape index (κ3) is 10.9. The van der Waals surface area contributed by atoms with Crippen LogP contribution in [0.15, 0.2) is 140 Å². The molecule has 0 atom stereocenters. The fourth-order valence-electron chi connectivity index (χ4n) is 4.79. The highest BCUT2D eigenvalue weighted by molar-refractivity contribution is 5.76. The summed E-state index contributed by atoms with van der Waals surface area (Å²) in [5.74, 6) is 1.85. The molecule has 0 radical (unpaired) electrons. The number of hydrogen-bond donors (Lipinski definition) is 4. The Morgan fingerprint density at radius 2 is 0.560 bits per heavy atom. The van der Waals surface area contributed by atoms with E-state index in [1.165, 1.54) is 0 Å². The van der Waals surface area contributed by atoms with Crippen molar-refractivity contribution in [2.24, 2.45) is 0 Å². The number of benzene rings is 6. The lowest BCUT2D eigenvalue weighted by molar-refractivity contribution is 0.414. The van der Waals surface area contributed by atoms with Crippen molar-refractivity contribution >= 4 is 48.6 Å². The Labute approximate surface area is 293 Å². The van der Waals surface area contributed by atoms with Gasteiger partial charge >= 0.3 is 0 Å². The van der Waals surface area contributed by atoms with Crippen molar-refractivity contribution in [3.05, 3.63) is 184 Å². The van der Waals surface area contributed by atoms with E-state index in [2.05, 4.69) is 24.3 Å². The average molecular weight is 659 g/mol. The van der Waals surface area contributed by atoms with Gasteiger partial charge in [-0.3, -0.25) is 0 Å². The first-order valence-electron chi connectivity index (χ1n) is 16.0. The van der Waals surface area contributed by atoms with Crippen LogP contribution in [0.2, 0.25) is 0 Å². The number of hydrogen-bond acceptors (Lipinski definition) is 5. The van der Waals surface area contributed by atoms with Gasteiger partial charge in [0.15, 0.2) is 0 Å². The van der Waals surface area contributed by atoms with Gasteiger partial charge in [0, 0.05) is 5.56 Å². The van der Waals surface area contributed by atoms with E-state index in [1.54, 1.807) is 55.6 Å². The fourth-order valence-corrected chi connectivity index (χ4v) is 4.79. The molecule has 0 amide bonds. The van der Waals surface area contributed by atoms with Gasteiger partial charge in [0.2, 0.25) is 0 Å². The fraction of sp³-hybridized carbons (Fsp3) is 0.0222. The van der Waals surface area contributed by atoms with Crippen LogP contribution < -0.4 is 4.74 Å². The molecule has 0 aliphatic heterocycles. The Hall–Kier alpha value is -6.72. The monoisotopic (exact) mass is 658 g/mol. The molecule has 0 saturated heterocycles. The molecule has 0 heterocycles. The normalized spacial score (nSPS) is 11.3. The van der Waals surface area contributed by atoms with Gasteiger partial charge in [0.1, 0.15) is 28.7 Å². The second-order valence-electron chi connectivity index (χ2n) is 11.4. The first-order chi connectivity index (χ1) is 24.3. The van der Waals surface area contributed by atoms with Gasteiger partial charge in [-0.1, -0.05) is 134 Å². The largest absolute Gasteiger partial charge is 0.508 e. The van der Waals surface area contributed by atoms with Crippen molar-refractivity contribution in [2.45, 2.75) is 0 Å². The summed E-state index contributed by atoms with van der Waals surface area (Å²) in [6, 6.07) is 42.5. The Balaban J connectivity index is 0.000000195. The predicted molar refractivity (Wildman–Crippen MR) is 208 cm³/mol. The lowest BCUT2D eigenvalue weighted by atomic mass is 10.1. The van der Waals surface area contributed by atoms with Crippen molar-refractivity contribution in [1.82, 2.24) is 0 Å². The first-order valence-corrected chi connectivity index (χ1v) is 16.0. The van der Waals surface area contributed by atoms with E-state index in [-0.39, 0.29) is 23.0 Å². The molecule has 0 aliphatic carbocycles. The maximum Gasteiger partial charge on any atom is 0.126 e. The third-order valence-corrected chi connectivity index (χ3v) is 7.63. The van der Waals surface area contributed by atoms with Crippen molar-refractivity contribution in [3.8, 4) is 28.7 Å². The molecular formula is C45H38O5. The van der Waals surface area contributed by atoms with Crippen LogP contribution in [0.1, 0.15) is 44.5 Å². The summed E-state index contributed by atoms with van der Waals surface area (Å²) in [6.07, 6.45) is 16.1. The smallest absolute Gasteiger partial charge is 0.126 e. The number of phenols is 4. The lowest BCUT2D eigenvalue weighted by Gasteiger charge is -2.06. The van der Waals surface area contributed by atoms with Crippen molar-refractivity contribution in [2.75, 3.05) is 7.11 Å². The van der Waals surface area contributed by atoms with Gasteiger partial charge in [0.05, 0.1) is 7.11 Å². The second kappa shape index (κ2) is 17.4. The van der Waals surface area contributed by atoms with Crippen LogP contribution in [0.5, 0.6) is 28.7 Å². The molecule has 0 unspecified atom stereocenters. The van der Waals surface area contributed by atoms with Gasteiger partial charge in [0.25, 0.3) is 0 Å².